The molecule has 2 aromatic rings. The first-order valence-corrected chi connectivity index (χ1v) is 6.37. The first-order valence-electron chi connectivity index (χ1n) is 6.37. The maximum absolute atomic E-state index is 5.11. The Balaban J connectivity index is 2.05. The summed E-state index contributed by atoms with van der Waals surface area (Å²) in [5.41, 5.74) is 2.19. The van der Waals surface area contributed by atoms with Crippen molar-refractivity contribution in [2.75, 3.05) is 19.0 Å². The average Bonchev–Trinajstić information content (AvgIpc) is 2.80. The maximum atomic E-state index is 5.11. The Hall–Kier alpha value is -1.88. The molecule has 0 fully saturated rings. The van der Waals surface area contributed by atoms with E-state index in [1.54, 1.807) is 13.3 Å². The lowest BCUT2D eigenvalue weighted by Gasteiger charge is -2.15. The number of methoxy groups -OCH3 is 1. The van der Waals surface area contributed by atoms with Crippen LogP contribution in [0, 0.1) is 6.92 Å². The van der Waals surface area contributed by atoms with Crippen LogP contribution in [0.1, 0.15) is 18.2 Å². The molecule has 0 spiro atoms. The zero-order valence-corrected chi connectivity index (χ0v) is 11.6. The zero-order valence-electron chi connectivity index (χ0n) is 11.6. The Kier molecular flexibility index (Phi) is 4.52. The SMILES string of the molecule is COCC(C)Nc1nccn1Cc1ccc(C)nc1. The molecule has 102 valence electrons. The molecule has 2 heterocycles. The van der Waals surface area contributed by atoms with Crippen LogP contribution in [0.4, 0.5) is 5.95 Å². The topological polar surface area (TPSA) is 52.0 Å². The number of hydrogen-bond donors (Lipinski definition) is 1. The fraction of sp³-hybridized carbons (Fsp3) is 0.429. The summed E-state index contributed by atoms with van der Waals surface area (Å²) in [4.78, 5) is 8.63. The van der Waals surface area contributed by atoms with E-state index in [1.165, 1.54) is 0 Å². The normalized spacial score (nSPS) is 12.4. The third-order valence-electron chi connectivity index (χ3n) is 2.83. The van der Waals surface area contributed by atoms with Crippen LogP contribution in [-0.4, -0.2) is 34.3 Å². The highest BCUT2D eigenvalue weighted by Gasteiger charge is 2.07. The molecule has 0 amide bonds. The van der Waals surface area contributed by atoms with E-state index in [4.69, 9.17) is 4.74 Å². The van der Waals surface area contributed by atoms with Crippen molar-refractivity contribution in [1.82, 2.24) is 14.5 Å². The third-order valence-corrected chi connectivity index (χ3v) is 2.83. The monoisotopic (exact) mass is 260 g/mol. The fourth-order valence-corrected chi connectivity index (χ4v) is 1.88. The van der Waals surface area contributed by atoms with Crippen LogP contribution >= 0.6 is 0 Å². The number of anilines is 1. The van der Waals surface area contributed by atoms with Gasteiger partial charge in [0.2, 0.25) is 5.95 Å². The van der Waals surface area contributed by atoms with Crippen molar-refractivity contribution < 1.29 is 4.74 Å². The van der Waals surface area contributed by atoms with Crippen LogP contribution in [0.25, 0.3) is 0 Å². The number of nitrogens with one attached hydrogen (secondary N) is 1. The minimum absolute atomic E-state index is 0.224. The summed E-state index contributed by atoms with van der Waals surface area (Å²) in [6, 6.07) is 4.33. The molecule has 1 N–H and O–H groups in total. The Bertz CT molecular complexity index is 506. The highest BCUT2D eigenvalue weighted by Crippen LogP contribution is 2.10. The predicted octanol–water partition coefficient (Wildman–Crippen LogP) is 2.08. The van der Waals surface area contributed by atoms with Gasteiger partial charge in [0.25, 0.3) is 0 Å². The molecule has 0 saturated carbocycles. The van der Waals surface area contributed by atoms with Gasteiger partial charge in [-0.25, -0.2) is 4.98 Å². The van der Waals surface area contributed by atoms with Gasteiger partial charge in [0, 0.05) is 37.4 Å². The molecule has 0 aliphatic rings. The Morgan fingerprint density at radius 3 is 2.89 bits per heavy atom. The molecule has 0 aliphatic carbocycles. The van der Waals surface area contributed by atoms with Gasteiger partial charge in [-0.05, 0) is 25.5 Å². The van der Waals surface area contributed by atoms with E-state index in [1.807, 2.05) is 25.4 Å². The summed E-state index contributed by atoms with van der Waals surface area (Å²) in [5, 5.41) is 3.33. The highest BCUT2D eigenvalue weighted by atomic mass is 16.5. The minimum atomic E-state index is 0.224. The number of pyridine rings is 1. The number of imidazole rings is 1. The van der Waals surface area contributed by atoms with Crippen LogP contribution in [0.15, 0.2) is 30.7 Å². The Labute approximate surface area is 113 Å². The second-order valence-electron chi connectivity index (χ2n) is 4.69. The van der Waals surface area contributed by atoms with Gasteiger partial charge in [0.05, 0.1) is 13.2 Å². The molecule has 1 atom stereocenters. The first kappa shape index (κ1) is 13.5. The standard InChI is InChI=1S/C14H20N4O/c1-11-4-5-13(8-16-11)9-18-7-6-15-14(18)17-12(2)10-19-3/h4-8,12H,9-10H2,1-3H3,(H,15,17). The van der Waals surface area contributed by atoms with Gasteiger partial charge >= 0.3 is 0 Å². The van der Waals surface area contributed by atoms with E-state index in [0.29, 0.717) is 6.61 Å². The molecular weight excluding hydrogens is 240 g/mol. The summed E-state index contributed by atoms with van der Waals surface area (Å²) in [6.45, 7) is 5.46. The number of ether oxygens (including phenoxy) is 1. The highest BCUT2D eigenvalue weighted by molar-refractivity contribution is 5.29. The van der Waals surface area contributed by atoms with Crippen molar-refractivity contribution >= 4 is 5.95 Å². The summed E-state index contributed by atoms with van der Waals surface area (Å²) in [6.07, 6.45) is 5.66. The fourth-order valence-electron chi connectivity index (χ4n) is 1.88. The van der Waals surface area contributed by atoms with Gasteiger partial charge in [0.15, 0.2) is 0 Å². The molecule has 2 aromatic heterocycles. The van der Waals surface area contributed by atoms with E-state index in [0.717, 1.165) is 23.8 Å². The number of hydrogen-bond acceptors (Lipinski definition) is 4. The van der Waals surface area contributed by atoms with Crippen LogP contribution < -0.4 is 5.32 Å². The number of rotatable bonds is 6. The van der Waals surface area contributed by atoms with Gasteiger partial charge in [-0.1, -0.05) is 6.07 Å². The van der Waals surface area contributed by atoms with Gasteiger partial charge in [-0.15, -0.1) is 0 Å². The molecule has 0 saturated heterocycles. The lowest BCUT2D eigenvalue weighted by Crippen LogP contribution is -2.23. The molecule has 19 heavy (non-hydrogen) atoms. The van der Waals surface area contributed by atoms with Crippen molar-refractivity contribution in [2.24, 2.45) is 0 Å². The Morgan fingerprint density at radius 1 is 1.37 bits per heavy atom. The molecule has 5 heteroatoms. The van der Waals surface area contributed by atoms with Crippen molar-refractivity contribution in [3.05, 3.63) is 42.0 Å². The van der Waals surface area contributed by atoms with E-state index in [2.05, 4.69) is 32.8 Å². The lowest BCUT2D eigenvalue weighted by molar-refractivity contribution is 0.190. The van der Waals surface area contributed by atoms with E-state index < -0.39 is 0 Å². The second kappa shape index (κ2) is 6.33. The van der Waals surface area contributed by atoms with E-state index in [9.17, 15) is 0 Å². The summed E-state index contributed by atoms with van der Waals surface area (Å²) in [5.74, 6) is 0.852. The van der Waals surface area contributed by atoms with E-state index >= 15 is 0 Å². The van der Waals surface area contributed by atoms with Crippen molar-refractivity contribution in [2.45, 2.75) is 26.4 Å². The summed E-state index contributed by atoms with van der Waals surface area (Å²) in [7, 11) is 1.70. The molecular formula is C14H20N4O. The summed E-state index contributed by atoms with van der Waals surface area (Å²) < 4.78 is 7.18. The quantitative estimate of drug-likeness (QED) is 0.864. The summed E-state index contributed by atoms with van der Waals surface area (Å²) >= 11 is 0. The molecule has 0 aliphatic heterocycles. The van der Waals surface area contributed by atoms with Crippen molar-refractivity contribution in [3.8, 4) is 0 Å². The van der Waals surface area contributed by atoms with Gasteiger partial charge < -0.3 is 14.6 Å². The molecule has 2 rings (SSSR count). The molecule has 0 aromatic carbocycles. The van der Waals surface area contributed by atoms with Crippen LogP contribution in [-0.2, 0) is 11.3 Å². The molecule has 5 nitrogen and oxygen atoms in total. The van der Waals surface area contributed by atoms with Gasteiger partial charge in [-0.3, -0.25) is 4.98 Å². The lowest BCUT2D eigenvalue weighted by atomic mass is 10.2. The second-order valence-corrected chi connectivity index (χ2v) is 4.69. The Morgan fingerprint density at radius 2 is 2.21 bits per heavy atom. The van der Waals surface area contributed by atoms with Crippen LogP contribution in [0.2, 0.25) is 0 Å². The minimum Gasteiger partial charge on any atom is -0.383 e. The largest absolute Gasteiger partial charge is 0.383 e. The van der Waals surface area contributed by atoms with Crippen LogP contribution in [0.3, 0.4) is 0 Å². The number of nitrogens with zero attached hydrogens (tertiary/aromatic N) is 3. The maximum Gasteiger partial charge on any atom is 0.203 e. The zero-order chi connectivity index (χ0) is 13.7. The van der Waals surface area contributed by atoms with E-state index in [-0.39, 0.29) is 6.04 Å². The average molecular weight is 260 g/mol. The predicted molar refractivity (Wildman–Crippen MR) is 75.3 cm³/mol. The smallest absolute Gasteiger partial charge is 0.203 e. The molecule has 0 bridgehead atoms. The number of aryl methyl sites for hydroxylation is 1. The third kappa shape index (κ3) is 3.79. The van der Waals surface area contributed by atoms with Gasteiger partial charge in [-0.2, -0.15) is 0 Å². The van der Waals surface area contributed by atoms with Crippen molar-refractivity contribution in [3.63, 3.8) is 0 Å². The van der Waals surface area contributed by atoms with Crippen LogP contribution in [0.5, 0.6) is 0 Å². The molecule has 0 radical (unpaired) electrons. The number of aromatic nitrogens is 3. The van der Waals surface area contributed by atoms with Gasteiger partial charge in [0.1, 0.15) is 0 Å². The first-order chi connectivity index (χ1) is 9.19. The van der Waals surface area contributed by atoms with Crippen molar-refractivity contribution in [1.29, 1.82) is 0 Å². The molecule has 1 unspecified atom stereocenters.